The minimum Gasteiger partial charge on any atom is -0.494 e. The normalized spacial score (nSPS) is 12.5. The average molecular weight is 547 g/mol. The number of amides is 1. The van der Waals surface area contributed by atoms with Crippen LogP contribution in [0.3, 0.4) is 0 Å². The van der Waals surface area contributed by atoms with Gasteiger partial charge in [-0.3, -0.25) is 9.20 Å². The van der Waals surface area contributed by atoms with Crippen molar-refractivity contribution in [3.63, 3.8) is 0 Å². The Kier molecular flexibility index (Phi) is 8.25. The molecule has 2 aromatic carbocycles. The van der Waals surface area contributed by atoms with E-state index in [1.165, 1.54) is 11.0 Å². The predicted octanol–water partition coefficient (Wildman–Crippen LogP) is 6.02. The maximum absolute atomic E-state index is 13.8. The van der Waals surface area contributed by atoms with E-state index in [1.54, 1.807) is 19.2 Å². The number of carbonyl (C=O) groups is 1. The van der Waals surface area contributed by atoms with Gasteiger partial charge >= 0.3 is 6.18 Å². The van der Waals surface area contributed by atoms with Crippen molar-refractivity contribution in [1.29, 1.82) is 0 Å². The molecule has 0 fully saturated rings. The Morgan fingerprint density at radius 2 is 1.92 bits per heavy atom. The highest BCUT2D eigenvalue weighted by atomic mass is 32.1. The highest BCUT2D eigenvalue weighted by Gasteiger charge is 2.35. The van der Waals surface area contributed by atoms with E-state index >= 15 is 0 Å². The number of thiol groups is 1. The number of imidazole rings is 1. The summed E-state index contributed by atoms with van der Waals surface area (Å²) in [5.74, 6) is -0.357. The van der Waals surface area contributed by atoms with Crippen LogP contribution in [0.5, 0.6) is 5.75 Å². The van der Waals surface area contributed by atoms with Gasteiger partial charge in [-0.05, 0) is 61.9 Å². The Hall–Kier alpha value is -3.60. The first-order valence-electron chi connectivity index (χ1n) is 12.0. The highest BCUT2D eigenvalue weighted by molar-refractivity contribution is 7.80. The molecule has 0 aliphatic rings. The number of fused-ring (bicyclic) bond motifs is 1. The van der Waals surface area contributed by atoms with Crippen LogP contribution in [0.15, 0.2) is 60.9 Å². The quantitative estimate of drug-likeness (QED) is 0.206. The van der Waals surface area contributed by atoms with Crippen LogP contribution in [-0.4, -0.2) is 44.1 Å². The molecule has 2 heterocycles. The third-order valence-corrected chi connectivity index (χ3v) is 6.29. The number of hydrogen-bond acceptors (Lipinski definition) is 5. The van der Waals surface area contributed by atoms with Crippen molar-refractivity contribution in [2.24, 2.45) is 0 Å². The van der Waals surface area contributed by atoms with E-state index in [1.807, 2.05) is 41.8 Å². The summed E-state index contributed by atoms with van der Waals surface area (Å²) in [6.45, 7) is 4.45. The Labute approximate surface area is 222 Å². The van der Waals surface area contributed by atoms with Gasteiger partial charge in [0, 0.05) is 30.3 Å². The number of alkyl halides is 3. The van der Waals surface area contributed by atoms with Crippen LogP contribution >= 0.6 is 12.6 Å². The molecule has 0 spiro atoms. The summed E-state index contributed by atoms with van der Waals surface area (Å²) in [7, 11) is 0. The fourth-order valence-corrected chi connectivity index (χ4v) is 4.54. The number of aromatic nitrogens is 3. The van der Waals surface area contributed by atoms with Gasteiger partial charge in [-0.25, -0.2) is 14.4 Å². The van der Waals surface area contributed by atoms with Crippen LogP contribution in [0.2, 0.25) is 0 Å². The molecular formula is C27H26F4N4O2S. The van der Waals surface area contributed by atoms with Crippen molar-refractivity contribution in [3.8, 4) is 17.0 Å². The predicted molar refractivity (Wildman–Crippen MR) is 139 cm³/mol. The molecule has 0 unspecified atom stereocenters. The molecule has 38 heavy (non-hydrogen) atoms. The van der Waals surface area contributed by atoms with Crippen molar-refractivity contribution in [2.45, 2.75) is 32.5 Å². The summed E-state index contributed by atoms with van der Waals surface area (Å²) < 4.78 is 60.7. The Morgan fingerprint density at radius 3 is 2.58 bits per heavy atom. The second kappa shape index (κ2) is 11.4. The SMILES string of the molecule is CCOc1ccc(-c2c([C@@H](C)N(CCS)C(=O)Cc3ccc(F)c(C(F)(F)F)c3)nc3ncccn23)cc1. The topological polar surface area (TPSA) is 59.7 Å². The van der Waals surface area contributed by atoms with Crippen LogP contribution in [0.25, 0.3) is 17.0 Å². The van der Waals surface area contributed by atoms with Crippen LogP contribution < -0.4 is 4.74 Å². The number of nitrogens with zero attached hydrogens (tertiary/aromatic N) is 4. The third kappa shape index (κ3) is 5.77. The monoisotopic (exact) mass is 546 g/mol. The molecule has 0 radical (unpaired) electrons. The van der Waals surface area contributed by atoms with Gasteiger partial charge in [0.2, 0.25) is 11.7 Å². The molecule has 11 heteroatoms. The number of halogens is 4. The molecule has 0 bridgehead atoms. The fourth-order valence-electron chi connectivity index (χ4n) is 4.32. The van der Waals surface area contributed by atoms with Crippen LogP contribution in [0, 0.1) is 5.82 Å². The Balaban J connectivity index is 1.71. The molecule has 0 N–H and O–H groups in total. The van der Waals surface area contributed by atoms with Crippen LogP contribution in [0.4, 0.5) is 17.6 Å². The van der Waals surface area contributed by atoms with E-state index in [-0.39, 0.29) is 18.5 Å². The van der Waals surface area contributed by atoms with Gasteiger partial charge in [0.15, 0.2) is 0 Å². The van der Waals surface area contributed by atoms with Crippen molar-refractivity contribution >= 4 is 24.3 Å². The lowest BCUT2D eigenvalue weighted by atomic mass is 10.0. The van der Waals surface area contributed by atoms with E-state index in [9.17, 15) is 22.4 Å². The largest absolute Gasteiger partial charge is 0.494 e. The number of hydrogen-bond donors (Lipinski definition) is 1. The van der Waals surface area contributed by atoms with Gasteiger partial charge < -0.3 is 9.64 Å². The molecule has 200 valence electrons. The van der Waals surface area contributed by atoms with E-state index in [4.69, 9.17) is 9.72 Å². The number of carbonyl (C=O) groups excluding carboxylic acids is 1. The minimum absolute atomic E-state index is 0.0588. The Morgan fingerprint density at radius 1 is 1.18 bits per heavy atom. The van der Waals surface area contributed by atoms with Gasteiger partial charge in [-0.15, -0.1) is 0 Å². The molecule has 0 aliphatic heterocycles. The number of rotatable bonds is 9. The van der Waals surface area contributed by atoms with Crippen LogP contribution in [0.1, 0.15) is 36.7 Å². The third-order valence-electron chi connectivity index (χ3n) is 6.09. The second-order valence-corrected chi connectivity index (χ2v) is 9.02. The molecule has 0 saturated heterocycles. The van der Waals surface area contributed by atoms with Crippen molar-refractivity contribution < 1.29 is 27.1 Å². The van der Waals surface area contributed by atoms with E-state index in [2.05, 4.69) is 17.6 Å². The summed E-state index contributed by atoms with van der Waals surface area (Å²) in [4.78, 5) is 24.0. The maximum atomic E-state index is 13.8. The highest BCUT2D eigenvalue weighted by Crippen LogP contribution is 2.34. The van der Waals surface area contributed by atoms with Crippen molar-refractivity contribution in [2.75, 3.05) is 18.9 Å². The lowest BCUT2D eigenvalue weighted by molar-refractivity contribution is -0.140. The van der Waals surface area contributed by atoms with E-state index in [0.717, 1.165) is 17.3 Å². The molecule has 2 aromatic heterocycles. The zero-order chi connectivity index (χ0) is 27.4. The molecule has 0 saturated carbocycles. The minimum atomic E-state index is -4.86. The number of ether oxygens (including phenoxy) is 1. The van der Waals surface area contributed by atoms with Crippen LogP contribution in [-0.2, 0) is 17.4 Å². The van der Waals surface area contributed by atoms with Crippen molar-refractivity contribution in [3.05, 3.63) is 83.6 Å². The number of benzene rings is 2. The van der Waals surface area contributed by atoms with E-state index in [0.29, 0.717) is 35.6 Å². The molecule has 6 nitrogen and oxygen atoms in total. The molecule has 0 aliphatic carbocycles. The van der Waals surface area contributed by atoms with Gasteiger partial charge in [-0.1, -0.05) is 6.07 Å². The fraction of sp³-hybridized carbons (Fsp3) is 0.296. The summed E-state index contributed by atoms with van der Waals surface area (Å²) in [6.07, 6.45) is -1.77. The zero-order valence-corrected chi connectivity index (χ0v) is 21.6. The molecule has 1 amide bonds. The zero-order valence-electron chi connectivity index (χ0n) is 20.7. The Bertz CT molecular complexity index is 1420. The summed E-state index contributed by atoms with van der Waals surface area (Å²) in [5, 5.41) is 0. The smallest absolute Gasteiger partial charge is 0.419 e. The van der Waals surface area contributed by atoms with Gasteiger partial charge in [0.1, 0.15) is 11.6 Å². The molecule has 4 aromatic rings. The first kappa shape index (κ1) is 27.4. The standard InChI is InChI=1S/C27H26F4N4O2S/c1-3-37-20-8-6-19(7-9-20)25-24(33-26-32-11-4-12-35(25)26)17(2)34(13-14-38)23(36)16-18-5-10-22(28)21(15-18)27(29,30)31/h4-12,15,17,38H,3,13-14,16H2,1-2H3/t17-/m1/s1. The second-order valence-electron chi connectivity index (χ2n) is 8.57. The molecule has 4 rings (SSSR count). The summed E-state index contributed by atoms with van der Waals surface area (Å²) in [5.41, 5.74) is 0.770. The van der Waals surface area contributed by atoms with Gasteiger partial charge in [-0.2, -0.15) is 25.8 Å². The van der Waals surface area contributed by atoms with Crippen molar-refractivity contribution in [1.82, 2.24) is 19.3 Å². The molecule has 1 atom stereocenters. The average Bonchev–Trinajstić information content (AvgIpc) is 3.27. The lowest BCUT2D eigenvalue weighted by Gasteiger charge is -2.29. The van der Waals surface area contributed by atoms with Gasteiger partial charge in [0.05, 0.1) is 36.0 Å². The first-order valence-corrected chi connectivity index (χ1v) is 12.6. The summed E-state index contributed by atoms with van der Waals surface area (Å²) in [6, 6.07) is 11.3. The lowest BCUT2D eigenvalue weighted by Crippen LogP contribution is -2.36. The molecular weight excluding hydrogens is 520 g/mol. The van der Waals surface area contributed by atoms with E-state index < -0.39 is 29.5 Å². The first-order chi connectivity index (χ1) is 18.1. The van der Waals surface area contributed by atoms with Gasteiger partial charge in [0.25, 0.3) is 0 Å². The maximum Gasteiger partial charge on any atom is 0.419 e. The summed E-state index contributed by atoms with van der Waals surface area (Å²) >= 11 is 4.29.